The van der Waals surface area contributed by atoms with Crippen LogP contribution < -0.4 is 13.8 Å². The van der Waals surface area contributed by atoms with Crippen molar-refractivity contribution in [3.8, 4) is 11.5 Å². The van der Waals surface area contributed by atoms with Gasteiger partial charge in [-0.05, 0) is 53.9 Å². The lowest BCUT2D eigenvalue weighted by atomic mass is 9.98. The predicted molar refractivity (Wildman–Crippen MR) is 115 cm³/mol. The molecule has 0 bridgehead atoms. The van der Waals surface area contributed by atoms with Gasteiger partial charge in [-0.15, -0.1) is 0 Å². The number of nitrogens with zero attached hydrogens (tertiary/aromatic N) is 2. The summed E-state index contributed by atoms with van der Waals surface area (Å²) in [5, 5.41) is 0. The second-order valence-corrected chi connectivity index (χ2v) is 9.64. The van der Waals surface area contributed by atoms with Gasteiger partial charge in [-0.1, -0.05) is 6.92 Å². The van der Waals surface area contributed by atoms with Crippen LogP contribution in [0.1, 0.15) is 28.4 Å². The van der Waals surface area contributed by atoms with Crippen molar-refractivity contribution in [2.45, 2.75) is 19.9 Å². The monoisotopic (exact) mass is 444 g/mol. The summed E-state index contributed by atoms with van der Waals surface area (Å²) in [4.78, 5) is 27.0. The summed E-state index contributed by atoms with van der Waals surface area (Å²) in [6, 6.07) is 9.97. The zero-order chi connectivity index (χ0) is 22.3. The fourth-order valence-electron chi connectivity index (χ4n) is 4.07. The van der Waals surface area contributed by atoms with Crippen LogP contribution in [0, 0.1) is 5.92 Å². The van der Waals surface area contributed by atoms with E-state index in [1.165, 1.54) is 12.1 Å². The zero-order valence-corrected chi connectivity index (χ0v) is 18.4. The minimum absolute atomic E-state index is 0.157. The van der Waals surface area contributed by atoms with E-state index < -0.39 is 21.8 Å². The first-order valence-electron chi connectivity index (χ1n) is 9.95. The molecule has 164 valence electrons. The molecule has 31 heavy (non-hydrogen) atoms. The number of fused-ring (bicyclic) bond motifs is 1. The van der Waals surface area contributed by atoms with E-state index in [1.807, 2.05) is 12.1 Å². The van der Waals surface area contributed by atoms with Crippen LogP contribution in [0.4, 0.5) is 5.69 Å². The first-order chi connectivity index (χ1) is 14.7. The van der Waals surface area contributed by atoms with E-state index in [9.17, 15) is 18.0 Å². The Morgan fingerprint density at radius 1 is 1.03 bits per heavy atom. The van der Waals surface area contributed by atoms with Gasteiger partial charge in [-0.3, -0.25) is 9.59 Å². The molecule has 2 aliphatic heterocycles. The molecule has 0 N–H and O–H groups in total. The van der Waals surface area contributed by atoms with Gasteiger partial charge >= 0.3 is 0 Å². The van der Waals surface area contributed by atoms with Gasteiger partial charge in [0, 0.05) is 18.7 Å². The molecule has 2 aromatic carbocycles. The third-order valence-electron chi connectivity index (χ3n) is 5.71. The maximum Gasteiger partial charge on any atom is 0.254 e. The number of sulfonamides is 1. The minimum Gasteiger partial charge on any atom is -0.493 e. The number of benzene rings is 2. The van der Waals surface area contributed by atoms with E-state index in [0.29, 0.717) is 36.6 Å². The Balaban J connectivity index is 1.54. The molecule has 9 heteroatoms. The van der Waals surface area contributed by atoms with Gasteiger partial charge in [0.05, 0.1) is 31.6 Å². The molecule has 1 atom stereocenters. The first-order valence-corrected chi connectivity index (χ1v) is 11.6. The van der Waals surface area contributed by atoms with Crippen molar-refractivity contribution >= 4 is 27.5 Å². The SMILES string of the molecule is COc1cc2c(cc1OC)CN(C(=O)c1ccc(N3C(=O)[C@@H](C)CS3(=O)=O)cc1)CC2. The van der Waals surface area contributed by atoms with Gasteiger partial charge in [-0.2, -0.15) is 0 Å². The largest absolute Gasteiger partial charge is 0.493 e. The predicted octanol–water partition coefficient (Wildman–Crippen LogP) is 2.21. The lowest BCUT2D eigenvalue weighted by molar-refractivity contribution is -0.119. The van der Waals surface area contributed by atoms with Crippen molar-refractivity contribution in [2.24, 2.45) is 5.92 Å². The molecule has 0 saturated carbocycles. The molecule has 0 spiro atoms. The van der Waals surface area contributed by atoms with Gasteiger partial charge in [-0.25, -0.2) is 12.7 Å². The number of carbonyl (C=O) groups is 2. The molecule has 8 nitrogen and oxygen atoms in total. The Morgan fingerprint density at radius 3 is 2.19 bits per heavy atom. The number of anilines is 1. The number of hydrogen-bond donors (Lipinski definition) is 0. The van der Waals surface area contributed by atoms with Crippen LogP contribution in [0.2, 0.25) is 0 Å². The smallest absolute Gasteiger partial charge is 0.254 e. The Morgan fingerprint density at radius 2 is 1.65 bits per heavy atom. The van der Waals surface area contributed by atoms with E-state index in [0.717, 1.165) is 15.4 Å². The van der Waals surface area contributed by atoms with Crippen LogP contribution in [0.25, 0.3) is 0 Å². The first kappa shape index (κ1) is 21.2. The third kappa shape index (κ3) is 3.74. The van der Waals surface area contributed by atoms with E-state index >= 15 is 0 Å². The highest BCUT2D eigenvalue weighted by Crippen LogP contribution is 2.34. The number of rotatable bonds is 4. The van der Waals surface area contributed by atoms with Crippen LogP contribution in [0.15, 0.2) is 36.4 Å². The highest BCUT2D eigenvalue weighted by Gasteiger charge is 2.42. The van der Waals surface area contributed by atoms with Crippen molar-refractivity contribution in [1.82, 2.24) is 4.90 Å². The van der Waals surface area contributed by atoms with Crippen LogP contribution in [0.5, 0.6) is 11.5 Å². The van der Waals surface area contributed by atoms with E-state index in [1.54, 1.807) is 38.2 Å². The summed E-state index contributed by atoms with van der Waals surface area (Å²) in [5.74, 6) is -0.0983. The second-order valence-electron chi connectivity index (χ2n) is 7.78. The average molecular weight is 445 g/mol. The maximum absolute atomic E-state index is 13.0. The molecule has 4 rings (SSSR count). The molecule has 0 aliphatic carbocycles. The highest BCUT2D eigenvalue weighted by molar-refractivity contribution is 7.94. The van der Waals surface area contributed by atoms with Crippen molar-refractivity contribution in [3.63, 3.8) is 0 Å². The van der Waals surface area contributed by atoms with Gasteiger partial charge in [0.2, 0.25) is 15.9 Å². The summed E-state index contributed by atoms with van der Waals surface area (Å²) in [6.45, 7) is 2.59. The normalized spacial score (nSPS) is 19.8. The molecule has 2 amide bonds. The lowest BCUT2D eigenvalue weighted by Crippen LogP contribution is -2.36. The van der Waals surface area contributed by atoms with Gasteiger partial charge < -0.3 is 14.4 Å². The van der Waals surface area contributed by atoms with E-state index in [2.05, 4.69) is 0 Å². The fourth-order valence-corrected chi connectivity index (χ4v) is 5.89. The number of amides is 2. The van der Waals surface area contributed by atoms with Gasteiger partial charge in [0.15, 0.2) is 11.5 Å². The number of methoxy groups -OCH3 is 2. The van der Waals surface area contributed by atoms with Crippen LogP contribution >= 0.6 is 0 Å². The molecule has 0 aromatic heterocycles. The Bertz CT molecular complexity index is 1140. The van der Waals surface area contributed by atoms with Crippen molar-refractivity contribution < 1.29 is 27.5 Å². The lowest BCUT2D eigenvalue weighted by Gasteiger charge is -2.30. The van der Waals surface area contributed by atoms with Crippen molar-refractivity contribution in [2.75, 3.05) is 30.8 Å². The standard InChI is InChI=1S/C22H24N2O6S/c1-14-13-31(27,28)24(21(14)25)18-6-4-15(5-7-18)22(26)23-9-8-16-10-19(29-2)20(30-3)11-17(16)12-23/h4-7,10-11,14H,8-9,12-13H2,1-3H3/t14-/m0/s1. The summed E-state index contributed by atoms with van der Waals surface area (Å²) in [7, 11) is -0.507. The highest BCUT2D eigenvalue weighted by atomic mass is 32.2. The average Bonchev–Trinajstić information content (AvgIpc) is 2.98. The Kier molecular flexibility index (Phi) is 5.38. The molecule has 2 aliphatic rings. The van der Waals surface area contributed by atoms with E-state index in [-0.39, 0.29) is 17.3 Å². The van der Waals surface area contributed by atoms with E-state index in [4.69, 9.17) is 9.47 Å². The molecule has 1 saturated heterocycles. The summed E-state index contributed by atoms with van der Waals surface area (Å²) in [6.07, 6.45) is 0.692. The zero-order valence-electron chi connectivity index (χ0n) is 17.6. The Labute approximate surface area is 181 Å². The number of hydrogen-bond acceptors (Lipinski definition) is 6. The molecule has 2 aromatic rings. The Hall–Kier alpha value is -3.07. The number of ether oxygens (including phenoxy) is 2. The molecular formula is C22H24N2O6S. The summed E-state index contributed by atoms with van der Waals surface area (Å²) < 4.78 is 36.1. The second kappa shape index (κ2) is 7.88. The van der Waals surface area contributed by atoms with Crippen molar-refractivity contribution in [1.29, 1.82) is 0 Å². The van der Waals surface area contributed by atoms with Gasteiger partial charge in [0.1, 0.15) is 0 Å². The van der Waals surface area contributed by atoms with Crippen LogP contribution in [-0.2, 0) is 27.8 Å². The molecule has 1 fully saturated rings. The molecule has 2 heterocycles. The third-order valence-corrected chi connectivity index (χ3v) is 7.58. The summed E-state index contributed by atoms with van der Waals surface area (Å²) in [5.41, 5.74) is 2.80. The topological polar surface area (TPSA) is 93.2 Å². The molecule has 0 unspecified atom stereocenters. The molecule has 0 radical (unpaired) electrons. The van der Waals surface area contributed by atoms with Crippen LogP contribution in [-0.4, -0.2) is 51.6 Å². The summed E-state index contributed by atoms with van der Waals surface area (Å²) >= 11 is 0. The quantitative estimate of drug-likeness (QED) is 0.718. The van der Waals surface area contributed by atoms with Crippen LogP contribution in [0.3, 0.4) is 0 Å². The van der Waals surface area contributed by atoms with Crippen molar-refractivity contribution in [3.05, 3.63) is 53.1 Å². The maximum atomic E-state index is 13.0. The van der Waals surface area contributed by atoms with Gasteiger partial charge in [0.25, 0.3) is 5.91 Å². The minimum atomic E-state index is -3.67. The number of carbonyl (C=O) groups excluding carboxylic acids is 2. The molecular weight excluding hydrogens is 420 g/mol. The fraction of sp³-hybridized carbons (Fsp3) is 0.364.